The van der Waals surface area contributed by atoms with E-state index in [1.165, 1.54) is 0 Å². The van der Waals surface area contributed by atoms with Crippen molar-refractivity contribution >= 4 is 15.9 Å². The van der Waals surface area contributed by atoms with Crippen LogP contribution >= 0.6 is 0 Å². The highest BCUT2D eigenvalue weighted by atomic mass is 32.2. The molecule has 0 saturated heterocycles. The minimum absolute atomic E-state index is 0.0826. The molecule has 0 aromatic rings. The minimum Gasteiger partial charge on any atom is -0.353 e. The molecule has 0 radical (unpaired) electrons. The van der Waals surface area contributed by atoms with Gasteiger partial charge in [0.05, 0.1) is 5.25 Å². The molecule has 17 heavy (non-hydrogen) atoms. The van der Waals surface area contributed by atoms with E-state index in [2.05, 4.69) is 10.0 Å². The van der Waals surface area contributed by atoms with Crippen molar-refractivity contribution in [2.75, 3.05) is 6.54 Å². The third-order valence-electron chi connectivity index (χ3n) is 2.70. The Hall–Kier alpha value is -0.620. The van der Waals surface area contributed by atoms with Crippen LogP contribution in [0.1, 0.15) is 46.0 Å². The lowest BCUT2D eigenvalue weighted by molar-refractivity contribution is -0.121. The minimum atomic E-state index is -3.16. The van der Waals surface area contributed by atoms with Gasteiger partial charge in [-0.25, -0.2) is 13.1 Å². The summed E-state index contributed by atoms with van der Waals surface area (Å²) in [4.78, 5) is 11.3. The van der Waals surface area contributed by atoms with Gasteiger partial charge < -0.3 is 5.32 Å². The first-order valence-corrected chi connectivity index (χ1v) is 7.74. The molecular formula is C11H22N2O3S. The molecule has 1 fully saturated rings. The molecule has 0 unspecified atom stereocenters. The van der Waals surface area contributed by atoms with Gasteiger partial charge >= 0.3 is 0 Å². The summed E-state index contributed by atoms with van der Waals surface area (Å²) in [7, 11) is -3.16. The number of carbonyl (C=O) groups excluding carboxylic acids is 1. The topological polar surface area (TPSA) is 75.3 Å². The van der Waals surface area contributed by atoms with Gasteiger partial charge in [-0.3, -0.25) is 4.79 Å². The molecule has 5 nitrogen and oxygen atoms in total. The van der Waals surface area contributed by atoms with Crippen molar-refractivity contribution in [3.63, 3.8) is 0 Å². The molecule has 0 atom stereocenters. The van der Waals surface area contributed by atoms with Gasteiger partial charge in [0.25, 0.3) is 0 Å². The standard InChI is InChI=1S/C11H22N2O3S/c1-9(2)17(15,16)12-8-4-3-5-11(14)13-10-6-7-10/h9-10,12H,3-8H2,1-2H3,(H,13,14). The average molecular weight is 262 g/mol. The van der Waals surface area contributed by atoms with Crippen molar-refractivity contribution in [1.82, 2.24) is 10.0 Å². The molecule has 2 N–H and O–H groups in total. The molecule has 1 aliphatic carbocycles. The summed E-state index contributed by atoms with van der Waals surface area (Å²) in [5, 5.41) is 2.50. The summed E-state index contributed by atoms with van der Waals surface area (Å²) < 4.78 is 25.3. The van der Waals surface area contributed by atoms with E-state index in [4.69, 9.17) is 0 Å². The molecule has 1 rings (SSSR count). The van der Waals surface area contributed by atoms with Crippen LogP contribution in [-0.2, 0) is 14.8 Å². The van der Waals surface area contributed by atoms with Crippen molar-refractivity contribution in [2.24, 2.45) is 0 Å². The van der Waals surface area contributed by atoms with Gasteiger partial charge in [0.1, 0.15) is 0 Å². The van der Waals surface area contributed by atoms with Crippen LogP contribution in [0.2, 0.25) is 0 Å². The van der Waals surface area contributed by atoms with Crippen LogP contribution in [0, 0.1) is 0 Å². The third-order valence-corrected chi connectivity index (χ3v) is 4.54. The van der Waals surface area contributed by atoms with Crippen LogP contribution in [0.25, 0.3) is 0 Å². The Morgan fingerprint density at radius 3 is 2.47 bits per heavy atom. The van der Waals surface area contributed by atoms with E-state index in [1.54, 1.807) is 13.8 Å². The number of sulfonamides is 1. The highest BCUT2D eigenvalue weighted by molar-refractivity contribution is 7.90. The van der Waals surface area contributed by atoms with E-state index in [9.17, 15) is 13.2 Å². The van der Waals surface area contributed by atoms with Crippen molar-refractivity contribution < 1.29 is 13.2 Å². The zero-order valence-electron chi connectivity index (χ0n) is 10.5. The molecule has 0 spiro atoms. The summed E-state index contributed by atoms with van der Waals surface area (Å²) in [6.07, 6.45) is 4.10. The summed E-state index contributed by atoms with van der Waals surface area (Å²) in [5.41, 5.74) is 0. The predicted molar refractivity (Wildman–Crippen MR) is 67.1 cm³/mol. The smallest absolute Gasteiger partial charge is 0.220 e. The van der Waals surface area contributed by atoms with Gasteiger partial charge in [0, 0.05) is 19.0 Å². The predicted octanol–water partition coefficient (Wildman–Crippen LogP) is 0.763. The van der Waals surface area contributed by atoms with Crippen LogP contribution in [0.4, 0.5) is 0 Å². The summed E-state index contributed by atoms with van der Waals surface area (Å²) >= 11 is 0. The molecule has 1 saturated carbocycles. The first-order valence-electron chi connectivity index (χ1n) is 6.19. The average Bonchev–Trinajstić information content (AvgIpc) is 3.00. The number of carbonyl (C=O) groups is 1. The lowest BCUT2D eigenvalue weighted by atomic mass is 10.2. The Kier molecular flexibility index (Phi) is 5.39. The second-order valence-corrected chi connectivity index (χ2v) is 7.11. The maximum Gasteiger partial charge on any atom is 0.220 e. The van der Waals surface area contributed by atoms with Crippen LogP contribution in [0.3, 0.4) is 0 Å². The molecule has 1 amide bonds. The monoisotopic (exact) mass is 262 g/mol. The third kappa shape index (κ3) is 6.02. The zero-order chi connectivity index (χ0) is 12.9. The zero-order valence-corrected chi connectivity index (χ0v) is 11.3. The van der Waals surface area contributed by atoms with Crippen LogP contribution in [0.5, 0.6) is 0 Å². The molecule has 0 aromatic heterocycles. The first-order chi connectivity index (χ1) is 7.92. The second kappa shape index (κ2) is 6.35. The summed E-state index contributed by atoms with van der Waals surface area (Å²) in [5.74, 6) is 0.0826. The van der Waals surface area contributed by atoms with Crippen LogP contribution in [-0.4, -0.2) is 32.2 Å². The van der Waals surface area contributed by atoms with Gasteiger partial charge in [-0.05, 0) is 39.5 Å². The Morgan fingerprint density at radius 1 is 1.29 bits per heavy atom. The maximum absolute atomic E-state index is 11.4. The van der Waals surface area contributed by atoms with Crippen LogP contribution in [0.15, 0.2) is 0 Å². The Bertz CT molecular complexity index is 348. The maximum atomic E-state index is 11.4. The molecule has 0 aromatic carbocycles. The molecule has 0 bridgehead atoms. The molecule has 100 valence electrons. The molecule has 6 heteroatoms. The fraction of sp³-hybridized carbons (Fsp3) is 0.909. The van der Waals surface area contributed by atoms with Gasteiger partial charge in [-0.1, -0.05) is 0 Å². The van der Waals surface area contributed by atoms with E-state index < -0.39 is 15.3 Å². The fourth-order valence-corrected chi connectivity index (χ4v) is 2.08. The fourth-order valence-electron chi connectivity index (χ4n) is 1.32. The number of amides is 1. The number of unbranched alkanes of at least 4 members (excludes halogenated alkanes) is 1. The molecular weight excluding hydrogens is 240 g/mol. The van der Waals surface area contributed by atoms with Crippen molar-refractivity contribution in [2.45, 2.75) is 57.2 Å². The highest BCUT2D eigenvalue weighted by Crippen LogP contribution is 2.18. The van der Waals surface area contributed by atoms with E-state index in [0.717, 1.165) is 19.3 Å². The number of rotatable bonds is 8. The molecule has 0 aliphatic heterocycles. The second-order valence-electron chi connectivity index (χ2n) is 4.79. The molecule has 1 aliphatic rings. The van der Waals surface area contributed by atoms with Gasteiger partial charge in [-0.2, -0.15) is 0 Å². The Morgan fingerprint density at radius 2 is 1.94 bits per heavy atom. The first kappa shape index (κ1) is 14.4. The number of nitrogens with one attached hydrogen (secondary N) is 2. The lowest BCUT2D eigenvalue weighted by Crippen LogP contribution is -2.31. The summed E-state index contributed by atoms with van der Waals surface area (Å²) in [6.45, 7) is 3.70. The number of hydrogen-bond acceptors (Lipinski definition) is 3. The van der Waals surface area contributed by atoms with E-state index in [-0.39, 0.29) is 5.91 Å². The van der Waals surface area contributed by atoms with E-state index >= 15 is 0 Å². The van der Waals surface area contributed by atoms with Gasteiger partial charge in [0.2, 0.25) is 15.9 Å². The van der Waals surface area contributed by atoms with E-state index in [1.807, 2.05) is 0 Å². The van der Waals surface area contributed by atoms with Crippen molar-refractivity contribution in [3.05, 3.63) is 0 Å². The quantitative estimate of drug-likeness (QED) is 0.634. The Labute approximate surface area is 103 Å². The Balaban J connectivity index is 2.02. The highest BCUT2D eigenvalue weighted by Gasteiger charge is 2.22. The van der Waals surface area contributed by atoms with Gasteiger partial charge in [-0.15, -0.1) is 0 Å². The molecule has 0 heterocycles. The number of hydrogen-bond donors (Lipinski definition) is 2. The lowest BCUT2D eigenvalue weighted by Gasteiger charge is -2.09. The summed E-state index contributed by atoms with van der Waals surface area (Å²) in [6, 6.07) is 0.405. The normalized spacial score (nSPS) is 16.2. The van der Waals surface area contributed by atoms with Gasteiger partial charge in [0.15, 0.2) is 0 Å². The largest absolute Gasteiger partial charge is 0.353 e. The van der Waals surface area contributed by atoms with Crippen LogP contribution < -0.4 is 10.0 Å². The van der Waals surface area contributed by atoms with E-state index in [0.29, 0.717) is 25.4 Å². The van der Waals surface area contributed by atoms with Crippen molar-refractivity contribution in [3.8, 4) is 0 Å². The van der Waals surface area contributed by atoms with Crippen molar-refractivity contribution in [1.29, 1.82) is 0 Å². The SMILES string of the molecule is CC(C)S(=O)(=O)NCCCCC(=O)NC1CC1.